The molecule has 2 fully saturated rings. The maximum atomic E-state index is 12.1. The fourth-order valence-electron chi connectivity index (χ4n) is 4.04. The molecule has 1 saturated heterocycles. The van der Waals surface area contributed by atoms with Crippen LogP contribution in [0.25, 0.3) is 12.2 Å². The highest BCUT2D eigenvalue weighted by Gasteiger charge is 2.24. The third kappa shape index (κ3) is 11.6. The molecule has 1 heterocycles. The number of hydrogen-bond donors (Lipinski definition) is 2. The largest absolute Gasteiger partial charge is 0.379 e. The van der Waals surface area contributed by atoms with Crippen molar-refractivity contribution in [2.75, 3.05) is 30.3 Å². The second-order valence-corrected chi connectivity index (χ2v) is 9.64. The lowest BCUT2D eigenvalue weighted by atomic mass is 9.85. The van der Waals surface area contributed by atoms with E-state index in [4.69, 9.17) is 4.74 Å². The molecule has 1 aliphatic carbocycles. The zero-order valence-electron chi connectivity index (χ0n) is 23.1. The van der Waals surface area contributed by atoms with Crippen molar-refractivity contribution in [1.82, 2.24) is 4.90 Å². The lowest BCUT2D eigenvalue weighted by Gasteiger charge is -2.24. The molecule has 39 heavy (non-hydrogen) atoms. The Morgan fingerprint density at radius 1 is 0.923 bits per heavy atom. The van der Waals surface area contributed by atoms with E-state index in [1.165, 1.54) is 17.7 Å². The van der Waals surface area contributed by atoms with Crippen LogP contribution < -0.4 is 10.6 Å². The average molecular weight is 532 g/mol. The van der Waals surface area contributed by atoms with Crippen LogP contribution in [0.15, 0.2) is 48.5 Å². The number of carbonyl (C=O) groups is 3. The molecule has 1 atom stereocenters. The second-order valence-electron chi connectivity index (χ2n) is 9.64. The summed E-state index contributed by atoms with van der Waals surface area (Å²) < 4.78 is 5.15. The van der Waals surface area contributed by atoms with E-state index in [9.17, 15) is 14.4 Å². The van der Waals surface area contributed by atoms with Gasteiger partial charge < -0.3 is 20.3 Å². The Kier molecular flexibility index (Phi) is 14.1. The summed E-state index contributed by atoms with van der Waals surface area (Å²) in [5.41, 5.74) is 3.54. The Labute approximate surface area is 233 Å². The number of rotatable bonds is 10. The number of carbonyl (C=O) groups excluding carboxylic acids is 3. The summed E-state index contributed by atoms with van der Waals surface area (Å²) in [5, 5.41) is 5.78. The van der Waals surface area contributed by atoms with Gasteiger partial charge in [0.1, 0.15) is 0 Å². The number of nitrogens with zero attached hydrogens (tertiary/aromatic N) is 1. The van der Waals surface area contributed by atoms with Gasteiger partial charge in [0.2, 0.25) is 18.2 Å². The van der Waals surface area contributed by atoms with Crippen LogP contribution in [0.3, 0.4) is 0 Å². The molecule has 7 nitrogen and oxygen atoms in total. The van der Waals surface area contributed by atoms with Crippen LogP contribution in [0.2, 0.25) is 0 Å². The van der Waals surface area contributed by atoms with Crippen molar-refractivity contribution in [3.05, 3.63) is 59.7 Å². The van der Waals surface area contributed by atoms with Crippen molar-refractivity contribution in [2.24, 2.45) is 5.92 Å². The van der Waals surface area contributed by atoms with Gasteiger partial charge in [0.25, 0.3) is 0 Å². The van der Waals surface area contributed by atoms with E-state index in [1.807, 2.05) is 67.6 Å². The molecule has 1 aliphatic heterocycles. The zero-order valence-corrected chi connectivity index (χ0v) is 23.1. The van der Waals surface area contributed by atoms with Crippen molar-refractivity contribution >= 4 is 41.8 Å². The third-order valence-corrected chi connectivity index (χ3v) is 6.48. The Hall–Kier alpha value is -3.89. The van der Waals surface area contributed by atoms with Crippen molar-refractivity contribution in [3.63, 3.8) is 0 Å². The van der Waals surface area contributed by atoms with Gasteiger partial charge in [0.05, 0.1) is 12.6 Å². The van der Waals surface area contributed by atoms with Crippen molar-refractivity contribution in [2.45, 2.75) is 58.5 Å². The first-order chi connectivity index (χ1) is 19.0. The van der Waals surface area contributed by atoms with Crippen LogP contribution in [0.4, 0.5) is 11.4 Å². The minimum atomic E-state index is -0.215. The second kappa shape index (κ2) is 17.6. The molecule has 0 radical (unpaired) electrons. The van der Waals surface area contributed by atoms with E-state index in [2.05, 4.69) is 30.4 Å². The predicted molar refractivity (Wildman–Crippen MR) is 159 cm³/mol. The molecule has 2 aromatic carbocycles. The van der Waals surface area contributed by atoms with Crippen LogP contribution in [0.5, 0.6) is 0 Å². The number of benzene rings is 2. The number of terminal acetylenes is 1. The predicted octanol–water partition coefficient (Wildman–Crippen LogP) is 5.84. The van der Waals surface area contributed by atoms with Gasteiger partial charge in [-0.15, -0.1) is 12.8 Å². The molecule has 0 aromatic heterocycles. The first-order valence-electron chi connectivity index (χ1n) is 13.6. The van der Waals surface area contributed by atoms with Crippen LogP contribution >= 0.6 is 0 Å². The molecule has 4 rings (SSSR count). The number of ether oxygens (including phenoxy) is 1. The molecule has 2 N–H and O–H groups in total. The quantitative estimate of drug-likeness (QED) is 0.229. The molecule has 208 valence electrons. The fraction of sp³-hybridized carbons (Fsp3) is 0.406. The minimum absolute atomic E-state index is 0.0517. The molecule has 3 amide bonds. The van der Waals surface area contributed by atoms with Gasteiger partial charge in [0, 0.05) is 30.4 Å². The zero-order chi connectivity index (χ0) is 28.5. The third-order valence-electron chi connectivity index (χ3n) is 6.48. The van der Waals surface area contributed by atoms with Crippen molar-refractivity contribution in [3.8, 4) is 12.8 Å². The van der Waals surface area contributed by atoms with Crippen molar-refractivity contribution < 1.29 is 19.1 Å². The number of hydrogen-bond acceptors (Lipinski definition) is 4. The summed E-state index contributed by atoms with van der Waals surface area (Å²) in [4.78, 5) is 36.5. The maximum absolute atomic E-state index is 12.1. The number of nitrogens with one attached hydrogen (secondary N) is 2. The molecular formula is C32H41N3O4. The topological polar surface area (TPSA) is 87.7 Å². The molecule has 0 bridgehead atoms. The Bertz CT molecular complexity index is 1070. The first kappa shape index (κ1) is 31.3. The molecule has 2 aliphatic rings. The van der Waals surface area contributed by atoms with E-state index < -0.39 is 0 Å². The van der Waals surface area contributed by atoms with Crippen LogP contribution in [-0.2, 0) is 19.1 Å². The van der Waals surface area contributed by atoms with Gasteiger partial charge in [-0.1, -0.05) is 49.8 Å². The van der Waals surface area contributed by atoms with E-state index >= 15 is 0 Å². The first-order valence-corrected chi connectivity index (χ1v) is 13.6. The van der Waals surface area contributed by atoms with Crippen molar-refractivity contribution in [1.29, 1.82) is 0 Å². The molecule has 1 saturated carbocycles. The molecular weight excluding hydrogens is 490 g/mol. The lowest BCUT2D eigenvalue weighted by molar-refractivity contribution is -0.125. The summed E-state index contributed by atoms with van der Waals surface area (Å²) in [6, 6.07) is 15.3. The molecule has 0 spiro atoms. The summed E-state index contributed by atoms with van der Waals surface area (Å²) in [6.45, 7) is 5.68. The van der Waals surface area contributed by atoms with Gasteiger partial charge in [-0.25, -0.2) is 0 Å². The Morgan fingerprint density at radius 3 is 1.87 bits per heavy atom. The monoisotopic (exact) mass is 531 g/mol. The van der Waals surface area contributed by atoms with Gasteiger partial charge >= 0.3 is 0 Å². The highest BCUT2D eigenvalue weighted by molar-refractivity contribution is 5.94. The van der Waals surface area contributed by atoms with Gasteiger partial charge in [0.15, 0.2) is 0 Å². The normalized spacial score (nSPS) is 16.1. The van der Waals surface area contributed by atoms with Gasteiger partial charge in [-0.3, -0.25) is 14.4 Å². The van der Waals surface area contributed by atoms with Gasteiger partial charge in [-0.05, 0) is 74.4 Å². The summed E-state index contributed by atoms with van der Waals surface area (Å²) in [6.07, 6.45) is 19.7. The highest BCUT2D eigenvalue weighted by atomic mass is 16.5. The van der Waals surface area contributed by atoms with E-state index in [1.54, 1.807) is 0 Å². The lowest BCUT2D eigenvalue weighted by Crippen LogP contribution is -2.32. The smallest absolute Gasteiger partial charge is 0.243 e. The molecule has 0 unspecified atom stereocenters. The summed E-state index contributed by atoms with van der Waals surface area (Å²) in [5.74, 6) is 0.0758. The summed E-state index contributed by atoms with van der Waals surface area (Å²) in [7, 11) is 0. The van der Waals surface area contributed by atoms with Crippen LogP contribution in [0.1, 0.15) is 63.5 Å². The van der Waals surface area contributed by atoms with Gasteiger partial charge in [-0.2, -0.15) is 0 Å². The van der Waals surface area contributed by atoms with E-state index in [0.29, 0.717) is 24.7 Å². The molecule has 2 aromatic rings. The maximum Gasteiger partial charge on any atom is 0.243 e. The van der Waals surface area contributed by atoms with Crippen LogP contribution in [0, 0.1) is 18.8 Å². The Morgan fingerprint density at radius 2 is 1.49 bits per heavy atom. The van der Waals surface area contributed by atoms with Crippen LogP contribution in [-0.4, -0.2) is 48.9 Å². The summed E-state index contributed by atoms with van der Waals surface area (Å²) >= 11 is 0. The molecule has 7 heteroatoms. The standard InChI is InChI=1S/C25H29N3O3.C5H10O.C2H2/c1-2-16-28(18-29)17-24(30)26-22-12-8-19(9-13-22)6-7-20-10-14-23(15-11-20)27-25(31)21-4-3-5-21;1-5-3-2-4-6-5;1-2/h6-15,18,21H,2-5,16-17H2,1H3,(H,26,30)(H,27,31);5H,2-4H2,1H3;1-2H/b7-6+;;/t;5-;/m.0./s1. The number of amides is 3. The van der Waals surface area contributed by atoms with E-state index in [0.717, 1.165) is 49.1 Å². The Balaban J connectivity index is 0.000000578. The highest BCUT2D eigenvalue weighted by Crippen LogP contribution is 2.27. The number of anilines is 2. The fourth-order valence-corrected chi connectivity index (χ4v) is 4.04. The van der Waals surface area contributed by atoms with E-state index in [-0.39, 0.29) is 24.3 Å². The minimum Gasteiger partial charge on any atom is -0.379 e. The average Bonchev–Trinajstić information content (AvgIpc) is 3.40. The SMILES string of the molecule is C#C.CCCN(C=O)CC(=O)Nc1ccc(/C=C/c2ccc(NC(=O)C3CCC3)cc2)cc1.C[C@H]1CCCO1.